The fourth-order valence-corrected chi connectivity index (χ4v) is 2.22. The summed E-state index contributed by atoms with van der Waals surface area (Å²) in [5.41, 5.74) is 3.61. The first-order valence-electron chi connectivity index (χ1n) is 7.16. The number of hydrogen-bond acceptors (Lipinski definition) is 4. The lowest BCUT2D eigenvalue weighted by molar-refractivity contribution is -0.140. The molecule has 0 aromatic heterocycles. The van der Waals surface area contributed by atoms with Crippen LogP contribution in [0.1, 0.15) is 44.7 Å². The second-order valence-corrected chi connectivity index (χ2v) is 5.49. The number of hydrogen-bond donors (Lipinski definition) is 1. The molecule has 5 heteroatoms. The Labute approximate surface area is 124 Å². The van der Waals surface area contributed by atoms with Crippen molar-refractivity contribution < 1.29 is 14.4 Å². The number of rotatable bonds is 3. The van der Waals surface area contributed by atoms with Crippen LogP contribution in [0.25, 0.3) is 0 Å². The Kier molecular flexibility index (Phi) is 4.73. The van der Waals surface area contributed by atoms with Gasteiger partial charge in [0.15, 0.2) is 0 Å². The van der Waals surface area contributed by atoms with E-state index in [1.807, 2.05) is 32.0 Å². The minimum atomic E-state index is -0.432. The van der Waals surface area contributed by atoms with E-state index < -0.39 is 5.97 Å². The highest BCUT2D eigenvalue weighted by Crippen LogP contribution is 2.25. The van der Waals surface area contributed by atoms with E-state index in [0.29, 0.717) is 0 Å². The van der Waals surface area contributed by atoms with Crippen LogP contribution in [0.15, 0.2) is 23.4 Å². The number of aryl methyl sites for hydroxylation is 1. The first-order valence-corrected chi connectivity index (χ1v) is 7.16. The SMILES string of the molecule is CC(=O)O/N=C1\CCCc2ccc(NC(=O)C(C)C)cc21. The van der Waals surface area contributed by atoms with Crippen molar-refractivity contribution in [3.05, 3.63) is 29.3 Å². The largest absolute Gasteiger partial charge is 0.331 e. The molecule has 21 heavy (non-hydrogen) atoms. The zero-order chi connectivity index (χ0) is 15.4. The van der Waals surface area contributed by atoms with Crippen molar-refractivity contribution in [1.29, 1.82) is 0 Å². The highest BCUT2D eigenvalue weighted by Gasteiger charge is 2.18. The number of anilines is 1. The number of nitrogens with one attached hydrogen (secondary N) is 1. The summed E-state index contributed by atoms with van der Waals surface area (Å²) in [6, 6.07) is 5.79. The maximum Gasteiger partial charge on any atom is 0.331 e. The van der Waals surface area contributed by atoms with Crippen molar-refractivity contribution >= 4 is 23.3 Å². The lowest BCUT2D eigenvalue weighted by Gasteiger charge is -2.18. The molecule has 0 atom stereocenters. The van der Waals surface area contributed by atoms with Gasteiger partial charge in [0.2, 0.25) is 5.91 Å². The molecule has 1 aliphatic carbocycles. The number of carbonyl (C=O) groups is 2. The van der Waals surface area contributed by atoms with Gasteiger partial charge >= 0.3 is 5.97 Å². The molecule has 0 radical (unpaired) electrons. The minimum absolute atomic E-state index is 0.0239. The molecule has 1 aromatic carbocycles. The van der Waals surface area contributed by atoms with E-state index in [2.05, 4.69) is 10.5 Å². The zero-order valence-corrected chi connectivity index (χ0v) is 12.6. The number of amides is 1. The number of carbonyl (C=O) groups excluding carboxylic acids is 2. The lowest BCUT2D eigenvalue weighted by atomic mass is 9.90. The van der Waals surface area contributed by atoms with Gasteiger partial charge in [-0.15, -0.1) is 0 Å². The lowest BCUT2D eigenvalue weighted by Crippen LogP contribution is -2.19. The van der Waals surface area contributed by atoms with E-state index in [4.69, 9.17) is 4.84 Å². The van der Waals surface area contributed by atoms with Crippen molar-refractivity contribution in [2.45, 2.75) is 40.0 Å². The average molecular weight is 288 g/mol. The van der Waals surface area contributed by atoms with E-state index in [-0.39, 0.29) is 11.8 Å². The van der Waals surface area contributed by atoms with E-state index in [0.717, 1.165) is 41.8 Å². The van der Waals surface area contributed by atoms with Crippen LogP contribution in [0.2, 0.25) is 0 Å². The molecule has 0 heterocycles. The summed E-state index contributed by atoms with van der Waals surface area (Å²) >= 11 is 0. The Hall–Kier alpha value is -2.17. The molecule has 0 fully saturated rings. The Bertz CT molecular complexity index is 591. The second kappa shape index (κ2) is 6.52. The molecular weight excluding hydrogens is 268 g/mol. The van der Waals surface area contributed by atoms with Gasteiger partial charge in [0.05, 0.1) is 5.71 Å². The number of fused-ring (bicyclic) bond motifs is 1. The Morgan fingerprint density at radius 3 is 2.71 bits per heavy atom. The minimum Gasteiger partial charge on any atom is -0.326 e. The van der Waals surface area contributed by atoms with E-state index in [1.165, 1.54) is 6.92 Å². The smallest absolute Gasteiger partial charge is 0.326 e. The first-order chi connectivity index (χ1) is 9.97. The monoisotopic (exact) mass is 288 g/mol. The zero-order valence-electron chi connectivity index (χ0n) is 12.6. The van der Waals surface area contributed by atoms with Crippen LogP contribution in [0.3, 0.4) is 0 Å². The predicted molar refractivity (Wildman–Crippen MR) is 81.2 cm³/mol. The molecule has 0 unspecified atom stereocenters. The van der Waals surface area contributed by atoms with Crippen LogP contribution < -0.4 is 5.32 Å². The highest BCUT2D eigenvalue weighted by molar-refractivity contribution is 6.04. The summed E-state index contributed by atoms with van der Waals surface area (Å²) in [6.45, 7) is 5.02. The van der Waals surface area contributed by atoms with Crippen LogP contribution in [0.5, 0.6) is 0 Å². The number of nitrogens with zero attached hydrogens (tertiary/aromatic N) is 1. The molecule has 0 aliphatic heterocycles. The van der Waals surface area contributed by atoms with Gasteiger partial charge in [0.1, 0.15) is 0 Å². The summed E-state index contributed by atoms with van der Waals surface area (Å²) in [7, 11) is 0. The van der Waals surface area contributed by atoms with Gasteiger partial charge in [0, 0.05) is 24.1 Å². The molecule has 2 rings (SSSR count). The maximum absolute atomic E-state index is 11.8. The van der Waals surface area contributed by atoms with Crippen molar-refractivity contribution in [3.8, 4) is 0 Å². The molecule has 0 spiro atoms. The van der Waals surface area contributed by atoms with Crippen LogP contribution in [-0.2, 0) is 20.8 Å². The summed E-state index contributed by atoms with van der Waals surface area (Å²) in [5, 5.41) is 6.81. The summed E-state index contributed by atoms with van der Waals surface area (Å²) in [4.78, 5) is 27.4. The molecule has 1 amide bonds. The molecular formula is C16H20N2O3. The standard InChI is InChI=1S/C16H20N2O3/c1-10(2)16(20)17-13-8-7-12-5-4-6-15(14(12)9-13)18-21-11(3)19/h7-10H,4-6H2,1-3H3,(H,17,20)/b18-15+. The maximum atomic E-state index is 11.8. The molecule has 0 bridgehead atoms. The quantitative estimate of drug-likeness (QED) is 0.687. The van der Waals surface area contributed by atoms with E-state index in [1.54, 1.807) is 0 Å². The van der Waals surface area contributed by atoms with Crippen LogP contribution >= 0.6 is 0 Å². The van der Waals surface area contributed by atoms with Crippen molar-refractivity contribution in [1.82, 2.24) is 0 Å². The average Bonchev–Trinajstić information content (AvgIpc) is 2.44. The van der Waals surface area contributed by atoms with Crippen LogP contribution in [0, 0.1) is 5.92 Å². The van der Waals surface area contributed by atoms with E-state index in [9.17, 15) is 9.59 Å². The fraction of sp³-hybridized carbons (Fsp3) is 0.438. The number of oxime groups is 1. The summed E-state index contributed by atoms with van der Waals surface area (Å²) in [6.07, 6.45) is 2.71. The van der Waals surface area contributed by atoms with Gasteiger partial charge in [-0.1, -0.05) is 25.1 Å². The third-order valence-electron chi connectivity index (χ3n) is 3.36. The fourth-order valence-electron chi connectivity index (χ4n) is 2.22. The number of benzene rings is 1. The van der Waals surface area contributed by atoms with E-state index >= 15 is 0 Å². The molecule has 5 nitrogen and oxygen atoms in total. The predicted octanol–water partition coefficient (Wildman–Crippen LogP) is 2.88. The molecule has 1 aliphatic rings. The van der Waals surface area contributed by atoms with Gasteiger partial charge < -0.3 is 10.2 Å². The Balaban J connectivity index is 2.27. The van der Waals surface area contributed by atoms with Gasteiger partial charge in [-0.25, -0.2) is 4.79 Å². The van der Waals surface area contributed by atoms with Gasteiger partial charge in [-0.05, 0) is 37.0 Å². The van der Waals surface area contributed by atoms with Crippen molar-refractivity contribution in [2.24, 2.45) is 11.1 Å². The van der Waals surface area contributed by atoms with Gasteiger partial charge in [-0.2, -0.15) is 0 Å². The molecule has 1 aromatic rings. The normalized spacial score (nSPS) is 15.7. The Morgan fingerprint density at radius 1 is 1.29 bits per heavy atom. The molecule has 0 saturated heterocycles. The topological polar surface area (TPSA) is 67.8 Å². The van der Waals surface area contributed by atoms with Crippen molar-refractivity contribution in [3.63, 3.8) is 0 Å². The van der Waals surface area contributed by atoms with Crippen LogP contribution in [0.4, 0.5) is 5.69 Å². The molecule has 0 saturated carbocycles. The van der Waals surface area contributed by atoms with Crippen LogP contribution in [-0.4, -0.2) is 17.6 Å². The molecule has 112 valence electrons. The van der Waals surface area contributed by atoms with Crippen molar-refractivity contribution in [2.75, 3.05) is 5.32 Å². The Morgan fingerprint density at radius 2 is 2.05 bits per heavy atom. The summed E-state index contributed by atoms with van der Waals surface area (Å²) in [5.74, 6) is -0.529. The van der Waals surface area contributed by atoms with Gasteiger partial charge in [-0.3, -0.25) is 4.79 Å². The third-order valence-corrected chi connectivity index (χ3v) is 3.36. The summed E-state index contributed by atoms with van der Waals surface area (Å²) < 4.78 is 0. The highest BCUT2D eigenvalue weighted by atomic mass is 16.7. The first kappa shape index (κ1) is 15.2. The van der Waals surface area contributed by atoms with Gasteiger partial charge in [0.25, 0.3) is 0 Å². The third kappa shape index (κ3) is 3.90. The second-order valence-electron chi connectivity index (χ2n) is 5.49. The molecule has 1 N–H and O–H groups in total.